The van der Waals surface area contributed by atoms with Crippen molar-refractivity contribution in [3.63, 3.8) is 0 Å². The van der Waals surface area contributed by atoms with E-state index in [1.807, 2.05) is 49.5 Å². The molecule has 1 aliphatic rings. The third kappa shape index (κ3) is 4.89. The topological polar surface area (TPSA) is 66.5 Å². The minimum atomic E-state index is -0.254. The quantitative estimate of drug-likeness (QED) is 0.643. The molecule has 1 aromatic heterocycles. The largest absolute Gasteiger partial charge is 0.494 e. The summed E-state index contributed by atoms with van der Waals surface area (Å²) in [4.78, 5) is 19.0. The Morgan fingerprint density at radius 1 is 1.07 bits per heavy atom. The van der Waals surface area contributed by atoms with E-state index in [1.54, 1.807) is 0 Å². The second-order valence-corrected chi connectivity index (χ2v) is 7.23. The number of carbonyl (C=O) groups is 1. The number of nitrogens with one attached hydrogen (secondary N) is 2. The molecule has 6 nitrogen and oxygen atoms in total. The van der Waals surface area contributed by atoms with Crippen LogP contribution in [0.5, 0.6) is 5.75 Å². The summed E-state index contributed by atoms with van der Waals surface area (Å²) >= 11 is 0. The van der Waals surface area contributed by atoms with E-state index in [4.69, 9.17) is 4.74 Å². The van der Waals surface area contributed by atoms with Gasteiger partial charge in [0.15, 0.2) is 0 Å². The molecule has 30 heavy (non-hydrogen) atoms. The Morgan fingerprint density at radius 2 is 1.87 bits per heavy atom. The standard InChI is InChI=1S/C24H26N4O2/c1-2-30-22-10-8-21(9-11-22)27-24(29)26-16-18-7-12-23(25-15-18)28-14-13-19-5-3-4-6-20(19)17-28/h3-12,15H,2,13-14,16-17H2,1H3,(H2,26,27,29). The van der Waals surface area contributed by atoms with Crippen LogP contribution in [0.15, 0.2) is 66.9 Å². The van der Waals surface area contributed by atoms with Crippen LogP contribution in [0.3, 0.4) is 0 Å². The van der Waals surface area contributed by atoms with Gasteiger partial charge in [-0.15, -0.1) is 0 Å². The highest BCUT2D eigenvalue weighted by Gasteiger charge is 2.16. The summed E-state index contributed by atoms with van der Waals surface area (Å²) in [5.41, 5.74) is 4.46. The van der Waals surface area contributed by atoms with E-state index in [-0.39, 0.29) is 6.03 Å². The van der Waals surface area contributed by atoms with Crippen LogP contribution in [-0.4, -0.2) is 24.2 Å². The molecular formula is C24H26N4O2. The second kappa shape index (κ2) is 9.31. The first-order valence-corrected chi connectivity index (χ1v) is 10.3. The summed E-state index contributed by atoms with van der Waals surface area (Å²) in [6, 6.07) is 19.7. The summed E-state index contributed by atoms with van der Waals surface area (Å²) in [5, 5.41) is 5.68. The van der Waals surface area contributed by atoms with Crippen LogP contribution in [0.4, 0.5) is 16.3 Å². The molecule has 0 bridgehead atoms. The SMILES string of the molecule is CCOc1ccc(NC(=O)NCc2ccc(N3CCc4ccccc4C3)nc2)cc1. The number of benzene rings is 2. The van der Waals surface area contributed by atoms with Gasteiger partial charge in [-0.3, -0.25) is 0 Å². The zero-order chi connectivity index (χ0) is 20.8. The van der Waals surface area contributed by atoms with Crippen molar-refractivity contribution < 1.29 is 9.53 Å². The van der Waals surface area contributed by atoms with E-state index < -0.39 is 0 Å². The Morgan fingerprint density at radius 3 is 2.60 bits per heavy atom. The fourth-order valence-corrected chi connectivity index (χ4v) is 3.56. The highest BCUT2D eigenvalue weighted by molar-refractivity contribution is 5.89. The van der Waals surface area contributed by atoms with E-state index in [2.05, 4.69) is 44.8 Å². The molecule has 2 N–H and O–H groups in total. The predicted molar refractivity (Wildman–Crippen MR) is 119 cm³/mol. The van der Waals surface area contributed by atoms with Gasteiger partial charge in [0, 0.05) is 31.5 Å². The summed E-state index contributed by atoms with van der Waals surface area (Å²) in [5.74, 6) is 1.75. The van der Waals surface area contributed by atoms with Crippen LogP contribution in [0, 0.1) is 0 Å². The minimum absolute atomic E-state index is 0.254. The Labute approximate surface area is 176 Å². The number of aromatic nitrogens is 1. The van der Waals surface area contributed by atoms with Gasteiger partial charge in [0.2, 0.25) is 0 Å². The highest BCUT2D eigenvalue weighted by atomic mass is 16.5. The third-order valence-electron chi connectivity index (χ3n) is 5.14. The normalized spacial score (nSPS) is 12.8. The molecule has 0 unspecified atom stereocenters. The number of urea groups is 1. The van der Waals surface area contributed by atoms with Gasteiger partial charge in [0.1, 0.15) is 11.6 Å². The molecule has 154 valence electrons. The predicted octanol–water partition coefficient (Wildman–Crippen LogP) is 4.36. The molecule has 2 heterocycles. The van der Waals surface area contributed by atoms with Crippen molar-refractivity contribution >= 4 is 17.5 Å². The highest BCUT2D eigenvalue weighted by Crippen LogP contribution is 2.23. The molecule has 0 radical (unpaired) electrons. The van der Waals surface area contributed by atoms with Crippen molar-refractivity contribution in [2.75, 3.05) is 23.4 Å². The number of pyridine rings is 1. The van der Waals surface area contributed by atoms with Gasteiger partial charge in [-0.1, -0.05) is 30.3 Å². The first-order valence-electron chi connectivity index (χ1n) is 10.3. The van der Waals surface area contributed by atoms with Crippen LogP contribution < -0.4 is 20.3 Å². The molecule has 1 aliphatic heterocycles. The maximum Gasteiger partial charge on any atom is 0.319 e. The van der Waals surface area contributed by atoms with Gasteiger partial charge in [-0.2, -0.15) is 0 Å². The molecule has 0 spiro atoms. The average molecular weight is 402 g/mol. The van der Waals surface area contributed by atoms with E-state index in [0.29, 0.717) is 13.2 Å². The van der Waals surface area contributed by atoms with Crippen molar-refractivity contribution in [1.82, 2.24) is 10.3 Å². The number of rotatable bonds is 6. The minimum Gasteiger partial charge on any atom is -0.494 e. The van der Waals surface area contributed by atoms with Gasteiger partial charge in [0.25, 0.3) is 0 Å². The first-order chi connectivity index (χ1) is 14.7. The lowest BCUT2D eigenvalue weighted by molar-refractivity contribution is 0.251. The van der Waals surface area contributed by atoms with E-state index in [1.165, 1.54) is 11.1 Å². The number of nitrogens with zero attached hydrogens (tertiary/aromatic N) is 2. The summed E-state index contributed by atoms with van der Waals surface area (Å²) < 4.78 is 5.40. The summed E-state index contributed by atoms with van der Waals surface area (Å²) in [7, 11) is 0. The first kappa shape index (κ1) is 19.8. The molecule has 3 aromatic rings. The molecule has 0 atom stereocenters. The number of amides is 2. The van der Waals surface area contributed by atoms with Crippen molar-refractivity contribution in [2.45, 2.75) is 26.4 Å². The van der Waals surface area contributed by atoms with Gasteiger partial charge >= 0.3 is 6.03 Å². The summed E-state index contributed by atoms with van der Waals surface area (Å²) in [6.45, 7) is 4.81. The molecule has 0 saturated carbocycles. The third-order valence-corrected chi connectivity index (χ3v) is 5.14. The zero-order valence-corrected chi connectivity index (χ0v) is 17.1. The van der Waals surface area contributed by atoms with Crippen LogP contribution in [-0.2, 0) is 19.5 Å². The van der Waals surface area contributed by atoms with Crippen LogP contribution >= 0.6 is 0 Å². The molecule has 4 rings (SSSR count). The molecule has 0 saturated heterocycles. The fraction of sp³-hybridized carbons (Fsp3) is 0.250. The van der Waals surface area contributed by atoms with Crippen molar-refractivity contribution in [2.24, 2.45) is 0 Å². The lowest BCUT2D eigenvalue weighted by Gasteiger charge is -2.29. The fourth-order valence-electron chi connectivity index (χ4n) is 3.56. The van der Waals surface area contributed by atoms with Gasteiger partial charge in [0.05, 0.1) is 6.61 Å². The van der Waals surface area contributed by atoms with Gasteiger partial charge in [-0.05, 0) is 60.4 Å². The molecular weight excluding hydrogens is 376 g/mol. The molecule has 2 amide bonds. The van der Waals surface area contributed by atoms with Crippen LogP contribution in [0.25, 0.3) is 0 Å². The Hall–Kier alpha value is -3.54. The number of fused-ring (bicyclic) bond motifs is 1. The average Bonchev–Trinajstić information content (AvgIpc) is 2.79. The number of hydrogen-bond acceptors (Lipinski definition) is 4. The van der Waals surface area contributed by atoms with E-state index in [9.17, 15) is 4.79 Å². The number of anilines is 2. The Balaban J connectivity index is 1.28. The smallest absolute Gasteiger partial charge is 0.319 e. The molecule has 0 fully saturated rings. The lowest BCUT2D eigenvalue weighted by atomic mass is 10.00. The lowest BCUT2D eigenvalue weighted by Crippen LogP contribution is -2.31. The molecule has 2 aromatic carbocycles. The molecule has 0 aliphatic carbocycles. The van der Waals surface area contributed by atoms with E-state index >= 15 is 0 Å². The van der Waals surface area contributed by atoms with Crippen molar-refractivity contribution in [3.05, 3.63) is 83.6 Å². The van der Waals surface area contributed by atoms with Gasteiger partial charge in [-0.25, -0.2) is 9.78 Å². The number of ether oxygens (including phenoxy) is 1. The number of carbonyl (C=O) groups excluding carboxylic acids is 1. The van der Waals surface area contributed by atoms with Crippen LogP contribution in [0.2, 0.25) is 0 Å². The van der Waals surface area contributed by atoms with Gasteiger partial charge < -0.3 is 20.3 Å². The Kier molecular flexibility index (Phi) is 6.13. The maximum atomic E-state index is 12.1. The van der Waals surface area contributed by atoms with Crippen molar-refractivity contribution in [1.29, 1.82) is 0 Å². The second-order valence-electron chi connectivity index (χ2n) is 7.23. The van der Waals surface area contributed by atoms with E-state index in [0.717, 1.165) is 42.3 Å². The summed E-state index contributed by atoms with van der Waals surface area (Å²) in [6.07, 6.45) is 2.86. The number of hydrogen-bond donors (Lipinski definition) is 2. The molecule has 6 heteroatoms. The monoisotopic (exact) mass is 402 g/mol. The van der Waals surface area contributed by atoms with Crippen LogP contribution in [0.1, 0.15) is 23.6 Å². The van der Waals surface area contributed by atoms with Crippen molar-refractivity contribution in [3.8, 4) is 5.75 Å². The zero-order valence-electron chi connectivity index (χ0n) is 17.1. The Bertz CT molecular complexity index is 987. The maximum absolute atomic E-state index is 12.1.